The molecule has 0 aromatic heterocycles. The smallest absolute Gasteiger partial charge is 0.144 e. The SMILES string of the molecule is CCCC[B-](c1cccc(C)c1)(c1cccc(C)c1)c1cccc(C)c1.c1ccc([P+](c2ccccc2)(c2ccccc2)c2ccccc2)cc1. The first-order valence-corrected chi connectivity index (χ1v) is 20.3. The van der Waals surface area contributed by atoms with Gasteiger partial charge in [-0.1, -0.05) is 182 Å². The van der Waals surface area contributed by atoms with E-state index in [1.54, 1.807) is 0 Å². The zero-order valence-corrected chi connectivity index (χ0v) is 31.5. The molecule has 254 valence electrons. The molecule has 0 amide bonds. The van der Waals surface area contributed by atoms with E-state index in [9.17, 15) is 0 Å². The van der Waals surface area contributed by atoms with Gasteiger partial charge in [0.15, 0.2) is 0 Å². The van der Waals surface area contributed by atoms with Crippen LogP contribution in [0.25, 0.3) is 0 Å². The molecule has 0 nitrogen and oxygen atoms in total. The molecule has 0 heterocycles. The predicted molar refractivity (Wildman–Crippen MR) is 229 cm³/mol. The molecule has 0 radical (unpaired) electrons. The summed E-state index contributed by atoms with van der Waals surface area (Å²) < 4.78 is 0. The number of hydrogen-bond acceptors (Lipinski definition) is 0. The average Bonchev–Trinajstić information content (AvgIpc) is 3.18. The Morgan fingerprint density at radius 1 is 0.373 bits per heavy atom. The van der Waals surface area contributed by atoms with Crippen LogP contribution in [0, 0.1) is 20.8 Å². The van der Waals surface area contributed by atoms with Gasteiger partial charge in [-0.05, 0) is 69.3 Å². The fraction of sp³-hybridized carbons (Fsp3) is 0.143. The van der Waals surface area contributed by atoms with Crippen molar-refractivity contribution in [2.24, 2.45) is 0 Å². The van der Waals surface area contributed by atoms with Gasteiger partial charge in [-0.3, -0.25) is 0 Å². The fourth-order valence-electron chi connectivity index (χ4n) is 8.02. The summed E-state index contributed by atoms with van der Waals surface area (Å²) in [6, 6.07) is 71.3. The number of unbranched alkanes of at least 4 members (excludes halogenated alkanes) is 1. The van der Waals surface area contributed by atoms with Crippen molar-refractivity contribution >= 4 is 51.0 Å². The van der Waals surface area contributed by atoms with Gasteiger partial charge in [-0.25, -0.2) is 0 Å². The Bertz CT molecular complexity index is 1830. The minimum atomic E-state index is -1.91. The molecule has 0 fully saturated rings. The van der Waals surface area contributed by atoms with Crippen molar-refractivity contribution in [3.05, 3.63) is 211 Å². The molecule has 2 heteroatoms. The van der Waals surface area contributed by atoms with Crippen LogP contribution in [0.15, 0.2) is 194 Å². The molecule has 7 aromatic carbocycles. The molecule has 0 bridgehead atoms. The Labute approximate surface area is 307 Å². The zero-order valence-electron chi connectivity index (χ0n) is 30.6. The van der Waals surface area contributed by atoms with Crippen molar-refractivity contribution in [2.75, 3.05) is 0 Å². The third kappa shape index (κ3) is 7.71. The van der Waals surface area contributed by atoms with Crippen LogP contribution >= 0.6 is 7.26 Å². The Balaban J connectivity index is 0.000000176. The van der Waals surface area contributed by atoms with Gasteiger partial charge in [-0.15, -0.1) is 0 Å². The van der Waals surface area contributed by atoms with Crippen LogP contribution in [-0.2, 0) is 0 Å². The third-order valence-electron chi connectivity index (χ3n) is 10.4. The van der Waals surface area contributed by atoms with E-state index in [4.69, 9.17) is 0 Å². The monoisotopic (exact) mass is 680 g/mol. The average molecular weight is 681 g/mol. The Hall–Kier alpha value is -4.97. The van der Waals surface area contributed by atoms with Crippen LogP contribution in [0.3, 0.4) is 0 Å². The molecule has 51 heavy (non-hydrogen) atoms. The van der Waals surface area contributed by atoms with Gasteiger partial charge < -0.3 is 0 Å². The van der Waals surface area contributed by atoms with Crippen LogP contribution < -0.4 is 37.6 Å². The first-order chi connectivity index (χ1) is 25.0. The molecule has 0 unspecified atom stereocenters. The Kier molecular flexibility index (Phi) is 11.8. The summed E-state index contributed by atoms with van der Waals surface area (Å²) in [5, 5.41) is 5.55. The Morgan fingerprint density at radius 3 is 0.922 bits per heavy atom. The van der Waals surface area contributed by atoms with E-state index in [2.05, 4.69) is 222 Å². The highest BCUT2D eigenvalue weighted by atomic mass is 31.2. The number of rotatable bonds is 10. The normalized spacial score (nSPS) is 11.4. The summed E-state index contributed by atoms with van der Waals surface area (Å²) in [4.78, 5) is 0. The van der Waals surface area contributed by atoms with Crippen LogP contribution in [-0.4, -0.2) is 6.15 Å². The van der Waals surface area contributed by atoms with E-state index < -0.39 is 13.4 Å². The van der Waals surface area contributed by atoms with Gasteiger partial charge in [0, 0.05) is 0 Å². The summed E-state index contributed by atoms with van der Waals surface area (Å²) in [5.41, 5.74) is 8.42. The summed E-state index contributed by atoms with van der Waals surface area (Å²) in [7, 11) is -1.91. The van der Waals surface area contributed by atoms with Crippen molar-refractivity contribution in [3.8, 4) is 0 Å². The highest BCUT2D eigenvalue weighted by molar-refractivity contribution is 8.01. The molecule has 0 aliphatic heterocycles. The molecule has 0 aliphatic carbocycles. The van der Waals surface area contributed by atoms with Crippen LogP contribution in [0.1, 0.15) is 36.5 Å². The van der Waals surface area contributed by atoms with Gasteiger partial charge in [0.1, 0.15) is 28.5 Å². The second-order valence-corrected chi connectivity index (χ2v) is 17.4. The summed E-state index contributed by atoms with van der Waals surface area (Å²) in [6.45, 7) is 8.91. The predicted octanol–water partition coefficient (Wildman–Crippen LogP) is 9.19. The molecule has 0 saturated carbocycles. The molecule has 0 N–H and O–H groups in total. The van der Waals surface area contributed by atoms with E-state index in [0.717, 1.165) is 0 Å². The highest BCUT2D eigenvalue weighted by Gasteiger charge is 2.47. The van der Waals surface area contributed by atoms with Crippen LogP contribution in [0.5, 0.6) is 0 Å². The van der Waals surface area contributed by atoms with Crippen molar-refractivity contribution in [3.63, 3.8) is 0 Å². The first kappa shape index (κ1) is 35.8. The van der Waals surface area contributed by atoms with Gasteiger partial charge in [0.25, 0.3) is 0 Å². The minimum absolute atomic E-state index is 0.971. The van der Waals surface area contributed by atoms with E-state index in [0.29, 0.717) is 0 Å². The first-order valence-electron chi connectivity index (χ1n) is 18.5. The topological polar surface area (TPSA) is 0 Å². The molecule has 0 saturated heterocycles. The molecule has 0 aliphatic rings. The van der Waals surface area contributed by atoms with Crippen molar-refractivity contribution < 1.29 is 0 Å². The van der Waals surface area contributed by atoms with E-state index >= 15 is 0 Å². The second-order valence-electron chi connectivity index (χ2n) is 13.9. The van der Waals surface area contributed by atoms with E-state index in [-0.39, 0.29) is 0 Å². The summed E-state index contributed by atoms with van der Waals surface area (Å²) in [5.74, 6) is 0. The molecule has 0 spiro atoms. The maximum Gasteiger partial charge on any atom is 0.144 e. The summed E-state index contributed by atoms with van der Waals surface area (Å²) in [6.07, 6.45) is 2.66. The standard InChI is InChI=1S/C25H30B.C24H20P/c1-5-6-16-26(23-13-7-10-20(2)17-23,24-14-8-11-21(3)18-24)25-15-9-12-22(4)19-25;1-5-13-21(14-6-1)25(22-15-7-2-8-16-22,23-17-9-3-10-18-23)24-19-11-4-12-20-24/h7-15,17-19H,5-6,16H2,1-4H3;1-20H/q-1;+1. The fourth-order valence-corrected chi connectivity index (χ4v) is 12.3. The molecule has 7 rings (SSSR count). The zero-order chi connectivity index (χ0) is 35.5. The van der Waals surface area contributed by atoms with Crippen LogP contribution in [0.2, 0.25) is 6.32 Å². The maximum atomic E-state index is 2.40. The Morgan fingerprint density at radius 2 is 0.667 bits per heavy atom. The quantitative estimate of drug-likeness (QED) is 0.0999. The number of hydrogen-bond donors (Lipinski definition) is 0. The van der Waals surface area contributed by atoms with Gasteiger partial charge in [-0.2, -0.15) is 22.7 Å². The second kappa shape index (κ2) is 16.8. The lowest BCUT2D eigenvalue weighted by molar-refractivity contribution is 0.874. The van der Waals surface area contributed by atoms with Crippen molar-refractivity contribution in [1.29, 1.82) is 0 Å². The molecular formula is C49H50BP. The maximum absolute atomic E-state index is 2.40. The minimum Gasteiger partial charge on any atom is -0.200 e. The van der Waals surface area contributed by atoms with Crippen LogP contribution in [0.4, 0.5) is 0 Å². The van der Waals surface area contributed by atoms with E-state index in [1.165, 1.54) is 73.5 Å². The lowest BCUT2D eigenvalue weighted by Crippen LogP contribution is -2.67. The summed E-state index contributed by atoms with van der Waals surface area (Å²) >= 11 is 0. The number of benzene rings is 7. The van der Waals surface area contributed by atoms with Crippen molar-refractivity contribution in [2.45, 2.75) is 46.9 Å². The van der Waals surface area contributed by atoms with Gasteiger partial charge in [0.2, 0.25) is 0 Å². The third-order valence-corrected chi connectivity index (χ3v) is 14.7. The highest BCUT2D eigenvalue weighted by Crippen LogP contribution is 2.54. The number of aryl methyl sites for hydroxylation is 3. The van der Waals surface area contributed by atoms with Gasteiger partial charge >= 0.3 is 0 Å². The largest absolute Gasteiger partial charge is 0.200 e. The molecular weight excluding hydrogens is 630 g/mol. The van der Waals surface area contributed by atoms with E-state index in [1.807, 2.05) is 0 Å². The molecule has 0 atom stereocenters. The van der Waals surface area contributed by atoms with Gasteiger partial charge in [0.05, 0.1) is 6.15 Å². The lowest BCUT2D eigenvalue weighted by Gasteiger charge is -2.44. The lowest BCUT2D eigenvalue weighted by atomic mass is 9.14. The molecule has 7 aromatic rings. The van der Waals surface area contributed by atoms with Crippen molar-refractivity contribution in [1.82, 2.24) is 0 Å².